The summed E-state index contributed by atoms with van der Waals surface area (Å²) >= 11 is 0. The van der Waals surface area contributed by atoms with Gasteiger partial charge in [0.05, 0.1) is 0 Å². The van der Waals surface area contributed by atoms with Gasteiger partial charge in [-0.05, 0) is 17.0 Å². The van der Waals surface area contributed by atoms with Crippen LogP contribution in [-0.2, 0) is 0 Å². The molecule has 0 heterocycles. The number of hydrogen-bond donors (Lipinski definition) is 0. The number of hydrogen-bond acceptors (Lipinski definition) is 1. The molecule has 0 unspecified atom stereocenters. The van der Waals surface area contributed by atoms with Crippen molar-refractivity contribution in [1.29, 1.82) is 0 Å². The summed E-state index contributed by atoms with van der Waals surface area (Å²) in [4.78, 5) is 0. The molecule has 0 radical (unpaired) electrons. The van der Waals surface area contributed by atoms with E-state index >= 15 is 0 Å². The van der Waals surface area contributed by atoms with E-state index in [1.165, 1.54) is 0 Å². The molecule has 0 aliphatic heterocycles. The zero-order valence-electron chi connectivity index (χ0n) is 9.47. The zero-order valence-corrected chi connectivity index (χ0v) is 9.47. The standard InChI is InChI=1S/C14H13O.Li/c15-11-14(12-7-3-1-4-8-12)13-9-5-2-6-10-13;/h1-10,14H,11H2;/q-1;+1. The molecular formula is C14H13LiO. The first-order valence-electron chi connectivity index (χ1n) is 5.10. The summed E-state index contributed by atoms with van der Waals surface area (Å²) in [5.41, 5.74) is 2.19. The van der Waals surface area contributed by atoms with Crippen molar-refractivity contribution in [3.63, 3.8) is 0 Å². The van der Waals surface area contributed by atoms with Gasteiger partial charge in [-0.1, -0.05) is 60.7 Å². The average Bonchev–Trinajstić information content (AvgIpc) is 2.33. The van der Waals surface area contributed by atoms with Gasteiger partial charge < -0.3 is 5.11 Å². The Labute approximate surface area is 108 Å². The van der Waals surface area contributed by atoms with Crippen LogP contribution in [0.15, 0.2) is 60.7 Å². The first-order chi connectivity index (χ1) is 7.42. The Morgan fingerprint density at radius 2 is 1.12 bits per heavy atom. The zero-order chi connectivity index (χ0) is 10.5. The van der Waals surface area contributed by atoms with E-state index in [1.54, 1.807) is 0 Å². The minimum atomic E-state index is -0.103. The molecule has 0 amide bonds. The first kappa shape index (κ1) is 13.1. The van der Waals surface area contributed by atoms with Gasteiger partial charge in [-0.2, -0.15) is 0 Å². The van der Waals surface area contributed by atoms with E-state index in [9.17, 15) is 5.11 Å². The van der Waals surface area contributed by atoms with Gasteiger partial charge in [-0.25, -0.2) is 0 Å². The van der Waals surface area contributed by atoms with Crippen LogP contribution < -0.4 is 24.0 Å². The maximum absolute atomic E-state index is 11.2. The molecule has 2 aromatic rings. The van der Waals surface area contributed by atoms with E-state index in [0.29, 0.717) is 0 Å². The first-order valence-corrected chi connectivity index (χ1v) is 5.10. The molecule has 1 nitrogen and oxygen atoms in total. The topological polar surface area (TPSA) is 23.1 Å². The maximum atomic E-state index is 11.2. The van der Waals surface area contributed by atoms with E-state index in [0.717, 1.165) is 11.1 Å². The van der Waals surface area contributed by atoms with Crippen LogP contribution in [0.5, 0.6) is 0 Å². The SMILES string of the molecule is [Li+].[O-]CC(c1ccccc1)c1ccccc1. The number of benzene rings is 2. The van der Waals surface area contributed by atoms with Crippen LogP contribution in [0.3, 0.4) is 0 Å². The third-order valence-electron chi connectivity index (χ3n) is 2.57. The van der Waals surface area contributed by atoms with Crippen LogP contribution in [0.1, 0.15) is 17.0 Å². The predicted molar refractivity (Wildman–Crippen MR) is 59.6 cm³/mol. The van der Waals surface area contributed by atoms with Gasteiger partial charge in [0.2, 0.25) is 0 Å². The molecule has 2 rings (SSSR count). The number of rotatable bonds is 3. The van der Waals surface area contributed by atoms with Crippen molar-refractivity contribution >= 4 is 0 Å². The van der Waals surface area contributed by atoms with Gasteiger partial charge in [-0.15, -0.1) is 6.61 Å². The summed E-state index contributed by atoms with van der Waals surface area (Å²) in [5.74, 6) is -0.0209. The molecule has 0 aliphatic carbocycles. The Hall–Kier alpha value is -1.00. The summed E-state index contributed by atoms with van der Waals surface area (Å²) in [5, 5.41) is 11.2. The summed E-state index contributed by atoms with van der Waals surface area (Å²) < 4.78 is 0. The average molecular weight is 204 g/mol. The molecule has 0 spiro atoms. The van der Waals surface area contributed by atoms with Crippen molar-refractivity contribution in [2.75, 3.05) is 6.61 Å². The smallest absolute Gasteiger partial charge is 0.854 e. The second-order valence-corrected chi connectivity index (χ2v) is 3.54. The predicted octanol–water partition coefficient (Wildman–Crippen LogP) is -0.817. The molecule has 76 valence electrons. The second-order valence-electron chi connectivity index (χ2n) is 3.54. The van der Waals surface area contributed by atoms with Crippen molar-refractivity contribution in [3.8, 4) is 0 Å². The van der Waals surface area contributed by atoms with E-state index in [2.05, 4.69) is 0 Å². The quantitative estimate of drug-likeness (QED) is 0.599. The molecule has 0 aromatic heterocycles. The molecular weight excluding hydrogens is 191 g/mol. The van der Waals surface area contributed by atoms with Crippen LogP contribution >= 0.6 is 0 Å². The van der Waals surface area contributed by atoms with Gasteiger partial charge in [0, 0.05) is 0 Å². The molecule has 2 aromatic carbocycles. The summed E-state index contributed by atoms with van der Waals surface area (Å²) in [7, 11) is 0. The molecule has 0 fully saturated rings. The van der Waals surface area contributed by atoms with Gasteiger partial charge in [-0.3, -0.25) is 0 Å². The minimum Gasteiger partial charge on any atom is -0.854 e. The van der Waals surface area contributed by atoms with Crippen molar-refractivity contribution in [2.45, 2.75) is 5.92 Å². The molecule has 0 N–H and O–H groups in total. The molecule has 2 heteroatoms. The van der Waals surface area contributed by atoms with Crippen LogP contribution in [0.25, 0.3) is 0 Å². The molecule has 0 bridgehead atoms. The molecule has 0 atom stereocenters. The van der Waals surface area contributed by atoms with Crippen molar-refractivity contribution in [1.82, 2.24) is 0 Å². The third-order valence-corrected chi connectivity index (χ3v) is 2.57. The van der Waals surface area contributed by atoms with E-state index in [4.69, 9.17) is 0 Å². The Balaban J connectivity index is 0.00000128. The van der Waals surface area contributed by atoms with Gasteiger partial charge in [0.25, 0.3) is 0 Å². The molecule has 0 saturated carbocycles. The third kappa shape index (κ3) is 2.99. The Morgan fingerprint density at radius 3 is 1.44 bits per heavy atom. The van der Waals surface area contributed by atoms with Gasteiger partial charge >= 0.3 is 18.9 Å². The van der Waals surface area contributed by atoms with Crippen molar-refractivity contribution < 1.29 is 24.0 Å². The van der Waals surface area contributed by atoms with E-state index < -0.39 is 0 Å². The summed E-state index contributed by atoms with van der Waals surface area (Å²) in [6, 6.07) is 19.9. The molecule has 0 saturated heterocycles. The normalized spacial score (nSPS) is 9.88. The van der Waals surface area contributed by atoms with Crippen LogP contribution in [0.2, 0.25) is 0 Å². The van der Waals surface area contributed by atoms with Gasteiger partial charge in [0.15, 0.2) is 0 Å². The summed E-state index contributed by atoms with van der Waals surface area (Å²) in [6.07, 6.45) is 0. The van der Waals surface area contributed by atoms with Crippen LogP contribution in [0, 0.1) is 0 Å². The monoisotopic (exact) mass is 204 g/mol. The fourth-order valence-corrected chi connectivity index (χ4v) is 1.76. The molecule has 0 aliphatic rings. The van der Waals surface area contributed by atoms with Crippen LogP contribution in [0.4, 0.5) is 0 Å². The van der Waals surface area contributed by atoms with Crippen molar-refractivity contribution in [3.05, 3.63) is 71.8 Å². The van der Waals surface area contributed by atoms with Gasteiger partial charge in [0.1, 0.15) is 0 Å². The largest absolute Gasteiger partial charge is 1.00 e. The maximum Gasteiger partial charge on any atom is 1.00 e. The van der Waals surface area contributed by atoms with Crippen LogP contribution in [-0.4, -0.2) is 6.61 Å². The van der Waals surface area contributed by atoms with Crippen molar-refractivity contribution in [2.24, 2.45) is 0 Å². The van der Waals surface area contributed by atoms with E-state index in [-0.39, 0.29) is 31.4 Å². The Morgan fingerprint density at radius 1 is 0.750 bits per heavy atom. The fourth-order valence-electron chi connectivity index (χ4n) is 1.76. The minimum absolute atomic E-state index is 0. The Kier molecular flexibility index (Phi) is 5.35. The second kappa shape index (κ2) is 6.55. The summed E-state index contributed by atoms with van der Waals surface area (Å²) in [6.45, 7) is -0.103. The molecule has 16 heavy (non-hydrogen) atoms. The fraction of sp³-hybridized carbons (Fsp3) is 0.143. The Bertz CT molecular complexity index is 360. The van der Waals surface area contributed by atoms with E-state index in [1.807, 2.05) is 60.7 Å².